The lowest BCUT2D eigenvalue weighted by molar-refractivity contribution is -0.131. The van der Waals surface area contributed by atoms with Gasteiger partial charge in [0.25, 0.3) is 0 Å². The molecule has 0 rings (SSSR count). The van der Waals surface area contributed by atoms with Gasteiger partial charge in [0.05, 0.1) is 0 Å². The second kappa shape index (κ2) is 6.92. The number of carbonyl (C=O) groups excluding carboxylic acids is 2. The number of ketones is 1. The number of primary amides is 1. The van der Waals surface area contributed by atoms with Crippen molar-refractivity contribution in [1.29, 1.82) is 0 Å². The molecule has 4 heteroatoms. The van der Waals surface area contributed by atoms with E-state index in [1.165, 1.54) is 0 Å². The van der Waals surface area contributed by atoms with Crippen LogP contribution in [0.15, 0.2) is 0 Å². The molecule has 0 saturated heterocycles. The van der Waals surface area contributed by atoms with E-state index in [4.69, 9.17) is 5.73 Å². The molecule has 2 amide bonds. The number of rotatable bonds is 6. The average Bonchev–Trinajstić information content (AvgIpc) is 2.18. The van der Waals surface area contributed by atoms with Crippen molar-refractivity contribution >= 4 is 11.8 Å². The first-order valence-electron chi connectivity index (χ1n) is 7.01. The maximum atomic E-state index is 12.5. The number of nitrogens with one attached hydrogen (secondary N) is 1. The molecule has 0 spiro atoms. The Labute approximate surface area is 117 Å². The van der Waals surface area contributed by atoms with Crippen molar-refractivity contribution in [2.45, 2.75) is 60.8 Å². The van der Waals surface area contributed by atoms with Gasteiger partial charge in [-0.15, -0.1) is 0 Å². The summed E-state index contributed by atoms with van der Waals surface area (Å²) in [5.74, 6) is 0.358. The van der Waals surface area contributed by atoms with Crippen LogP contribution < -0.4 is 11.1 Å². The normalized spacial score (nSPS) is 14.0. The molecule has 0 bridgehead atoms. The van der Waals surface area contributed by atoms with Crippen molar-refractivity contribution < 1.29 is 9.59 Å². The lowest BCUT2D eigenvalue weighted by Gasteiger charge is -2.30. The van der Waals surface area contributed by atoms with Crippen molar-refractivity contribution in [2.24, 2.45) is 22.5 Å². The molecular weight excluding hydrogens is 240 g/mol. The molecule has 0 unspecified atom stereocenters. The molecule has 3 N–H and O–H groups in total. The predicted molar refractivity (Wildman–Crippen MR) is 78.8 cm³/mol. The van der Waals surface area contributed by atoms with Crippen molar-refractivity contribution in [1.82, 2.24) is 5.32 Å². The molecule has 19 heavy (non-hydrogen) atoms. The summed E-state index contributed by atoms with van der Waals surface area (Å²) in [5.41, 5.74) is 4.84. The summed E-state index contributed by atoms with van der Waals surface area (Å²) in [4.78, 5) is 23.1. The Morgan fingerprint density at radius 2 is 1.63 bits per heavy atom. The van der Waals surface area contributed by atoms with Crippen molar-refractivity contribution in [3.63, 3.8) is 0 Å². The average molecular weight is 270 g/mol. The molecule has 0 aliphatic heterocycles. The van der Waals surface area contributed by atoms with Gasteiger partial charge < -0.3 is 11.1 Å². The second-order valence-electron chi connectivity index (χ2n) is 7.51. The van der Waals surface area contributed by atoms with Crippen LogP contribution >= 0.6 is 0 Å². The van der Waals surface area contributed by atoms with Crippen LogP contribution in [0.1, 0.15) is 60.8 Å². The first kappa shape index (κ1) is 17.9. The second-order valence-corrected chi connectivity index (χ2v) is 7.51. The fraction of sp³-hybridized carbons (Fsp3) is 0.867. The van der Waals surface area contributed by atoms with Gasteiger partial charge in [0.2, 0.25) is 0 Å². The third-order valence-electron chi connectivity index (χ3n) is 3.00. The SMILES string of the molecule is CC(C)(C)C[C@@H](CCCNC(N)=O)C(=O)C(C)(C)C. The Kier molecular flexibility index (Phi) is 6.53. The van der Waals surface area contributed by atoms with E-state index in [1.807, 2.05) is 20.8 Å². The zero-order valence-electron chi connectivity index (χ0n) is 13.3. The van der Waals surface area contributed by atoms with Crippen LogP contribution in [-0.4, -0.2) is 18.4 Å². The number of hydrogen-bond acceptors (Lipinski definition) is 2. The minimum Gasteiger partial charge on any atom is -0.352 e. The molecule has 112 valence electrons. The van der Waals surface area contributed by atoms with Gasteiger partial charge in [0.15, 0.2) is 0 Å². The Balaban J connectivity index is 4.52. The van der Waals surface area contributed by atoms with Crippen LogP contribution in [-0.2, 0) is 4.79 Å². The van der Waals surface area contributed by atoms with Crippen molar-refractivity contribution in [3.05, 3.63) is 0 Å². The Morgan fingerprint density at radius 3 is 2.00 bits per heavy atom. The number of urea groups is 1. The molecule has 1 atom stereocenters. The monoisotopic (exact) mass is 270 g/mol. The predicted octanol–water partition coefficient (Wildman–Crippen LogP) is 3.10. The minimum absolute atomic E-state index is 0.0506. The third kappa shape index (κ3) is 8.62. The maximum absolute atomic E-state index is 12.5. The lowest BCUT2D eigenvalue weighted by Crippen LogP contribution is -2.33. The smallest absolute Gasteiger partial charge is 0.312 e. The molecule has 0 radical (unpaired) electrons. The summed E-state index contributed by atoms with van der Waals surface area (Å²) in [7, 11) is 0. The number of Topliss-reactive ketones (excluding diaryl/α,β-unsaturated/α-hetero) is 1. The highest BCUT2D eigenvalue weighted by Crippen LogP contribution is 2.32. The molecule has 0 aromatic rings. The number of amides is 2. The summed E-state index contributed by atoms with van der Waals surface area (Å²) in [5, 5.41) is 2.57. The van der Waals surface area contributed by atoms with Crippen molar-refractivity contribution in [2.75, 3.05) is 6.54 Å². The number of carbonyl (C=O) groups is 2. The van der Waals surface area contributed by atoms with Crippen LogP contribution in [0.5, 0.6) is 0 Å². The van der Waals surface area contributed by atoms with Gasteiger partial charge in [-0.05, 0) is 24.7 Å². The summed E-state index contributed by atoms with van der Waals surface area (Å²) in [6.45, 7) is 12.9. The molecule has 0 aliphatic rings. The molecule has 4 nitrogen and oxygen atoms in total. The fourth-order valence-electron chi connectivity index (χ4n) is 2.24. The van der Waals surface area contributed by atoms with Crippen LogP contribution in [0.2, 0.25) is 0 Å². The fourth-order valence-corrected chi connectivity index (χ4v) is 2.24. The van der Waals surface area contributed by atoms with Gasteiger partial charge >= 0.3 is 6.03 Å². The van der Waals surface area contributed by atoms with E-state index in [-0.39, 0.29) is 16.7 Å². The highest BCUT2D eigenvalue weighted by Gasteiger charge is 2.31. The van der Waals surface area contributed by atoms with E-state index >= 15 is 0 Å². The first-order chi connectivity index (χ1) is 8.43. The molecule has 0 heterocycles. The molecule has 0 aromatic carbocycles. The maximum Gasteiger partial charge on any atom is 0.312 e. The van der Waals surface area contributed by atoms with Crippen LogP contribution in [0.3, 0.4) is 0 Å². The largest absolute Gasteiger partial charge is 0.352 e. The molecule has 0 aliphatic carbocycles. The highest BCUT2D eigenvalue weighted by molar-refractivity contribution is 5.86. The summed E-state index contributed by atoms with van der Waals surface area (Å²) >= 11 is 0. The Hall–Kier alpha value is -1.06. The summed E-state index contributed by atoms with van der Waals surface area (Å²) < 4.78 is 0. The standard InChI is InChI=1S/C15H30N2O2/c1-14(2,3)10-11(12(18)15(4,5)6)8-7-9-17-13(16)19/h11H,7-10H2,1-6H3,(H3,16,17,19)/t11-/m1/s1. The summed E-state index contributed by atoms with van der Waals surface area (Å²) in [6.07, 6.45) is 2.46. The molecule has 0 saturated carbocycles. The summed E-state index contributed by atoms with van der Waals surface area (Å²) in [6, 6.07) is -0.505. The van der Waals surface area contributed by atoms with E-state index in [0.29, 0.717) is 12.3 Å². The zero-order valence-corrected chi connectivity index (χ0v) is 13.3. The topological polar surface area (TPSA) is 72.2 Å². The van der Waals surface area contributed by atoms with Crippen molar-refractivity contribution in [3.8, 4) is 0 Å². The van der Waals surface area contributed by atoms with E-state index in [1.54, 1.807) is 0 Å². The zero-order chi connectivity index (χ0) is 15.3. The van der Waals surface area contributed by atoms with Crippen LogP contribution in [0.25, 0.3) is 0 Å². The van der Waals surface area contributed by atoms with Gasteiger partial charge in [-0.3, -0.25) is 4.79 Å². The van der Waals surface area contributed by atoms with Gasteiger partial charge in [-0.1, -0.05) is 41.5 Å². The first-order valence-corrected chi connectivity index (χ1v) is 7.01. The van der Waals surface area contributed by atoms with E-state index in [0.717, 1.165) is 19.3 Å². The molecule has 0 fully saturated rings. The van der Waals surface area contributed by atoms with Gasteiger partial charge in [-0.2, -0.15) is 0 Å². The highest BCUT2D eigenvalue weighted by atomic mass is 16.2. The van der Waals surface area contributed by atoms with Crippen LogP contribution in [0.4, 0.5) is 4.79 Å². The van der Waals surface area contributed by atoms with E-state index in [9.17, 15) is 9.59 Å². The molecular formula is C15H30N2O2. The van der Waals surface area contributed by atoms with Gasteiger partial charge in [0, 0.05) is 17.9 Å². The number of hydrogen-bond donors (Lipinski definition) is 2. The molecule has 0 aromatic heterocycles. The van der Waals surface area contributed by atoms with E-state index < -0.39 is 6.03 Å². The Morgan fingerprint density at radius 1 is 1.11 bits per heavy atom. The Bertz CT molecular complexity index is 311. The van der Waals surface area contributed by atoms with Gasteiger partial charge in [0.1, 0.15) is 5.78 Å². The van der Waals surface area contributed by atoms with E-state index in [2.05, 4.69) is 26.1 Å². The lowest BCUT2D eigenvalue weighted by atomic mass is 9.74. The minimum atomic E-state index is -0.505. The number of nitrogens with two attached hydrogens (primary N) is 1. The van der Waals surface area contributed by atoms with Crippen LogP contribution in [0, 0.1) is 16.7 Å². The van der Waals surface area contributed by atoms with Gasteiger partial charge in [-0.25, -0.2) is 4.79 Å². The quantitative estimate of drug-likeness (QED) is 0.728. The third-order valence-corrected chi connectivity index (χ3v) is 3.00.